The Labute approximate surface area is 151 Å². The summed E-state index contributed by atoms with van der Waals surface area (Å²) in [6.07, 6.45) is 1.90. The maximum atomic E-state index is 13.8. The lowest BCUT2D eigenvalue weighted by Gasteiger charge is -2.32. The number of rotatable bonds is 6. The highest BCUT2D eigenvalue weighted by Gasteiger charge is 2.21. The van der Waals surface area contributed by atoms with Crippen molar-refractivity contribution in [3.8, 4) is 5.75 Å². The molecule has 1 atom stereocenters. The minimum absolute atomic E-state index is 0.0139. The van der Waals surface area contributed by atoms with Crippen LogP contribution in [0, 0.1) is 17.5 Å². The van der Waals surface area contributed by atoms with Gasteiger partial charge in [0.25, 0.3) is 0 Å². The Morgan fingerprint density at radius 3 is 2.50 bits per heavy atom. The third-order valence-corrected chi connectivity index (χ3v) is 4.55. The first-order valence-corrected chi connectivity index (χ1v) is 8.65. The maximum Gasteiger partial charge on any atom is 0.165 e. The summed E-state index contributed by atoms with van der Waals surface area (Å²) in [5.41, 5.74) is 1.49. The number of piperidine rings is 1. The first-order valence-electron chi connectivity index (χ1n) is 8.65. The molecule has 0 unspecified atom stereocenters. The van der Waals surface area contributed by atoms with Crippen LogP contribution in [0.2, 0.25) is 0 Å². The van der Waals surface area contributed by atoms with Gasteiger partial charge in [-0.25, -0.2) is 13.2 Å². The molecule has 0 radical (unpaired) electrons. The number of hydrogen-bond donors (Lipinski definition) is 0. The first-order chi connectivity index (χ1) is 12.5. The van der Waals surface area contributed by atoms with Crippen LogP contribution in [-0.2, 0) is 17.9 Å². The average Bonchev–Trinajstić information content (AvgIpc) is 2.63. The van der Waals surface area contributed by atoms with Crippen LogP contribution in [0.25, 0.3) is 0 Å². The number of likely N-dealkylation sites (tertiary alicyclic amines) is 1. The number of nitrogens with zero attached hydrogens (tertiary/aromatic N) is 1. The van der Waals surface area contributed by atoms with Crippen molar-refractivity contribution in [1.29, 1.82) is 0 Å². The van der Waals surface area contributed by atoms with Gasteiger partial charge in [0.15, 0.2) is 23.2 Å². The third kappa shape index (κ3) is 4.77. The van der Waals surface area contributed by atoms with Crippen LogP contribution >= 0.6 is 0 Å². The molecule has 0 aromatic heterocycles. The molecule has 0 spiro atoms. The van der Waals surface area contributed by atoms with Crippen LogP contribution in [0.1, 0.15) is 24.0 Å². The zero-order valence-electron chi connectivity index (χ0n) is 14.7. The number of halogens is 3. The highest BCUT2D eigenvalue weighted by Crippen LogP contribution is 2.21. The second kappa shape index (κ2) is 8.56. The summed E-state index contributed by atoms with van der Waals surface area (Å²) in [4.78, 5) is 2.21. The third-order valence-electron chi connectivity index (χ3n) is 4.55. The van der Waals surface area contributed by atoms with Crippen molar-refractivity contribution in [2.24, 2.45) is 0 Å². The number of benzene rings is 2. The van der Waals surface area contributed by atoms with Crippen LogP contribution in [0.4, 0.5) is 13.2 Å². The predicted molar refractivity (Wildman–Crippen MR) is 92.4 cm³/mol. The molecule has 3 nitrogen and oxygen atoms in total. The van der Waals surface area contributed by atoms with E-state index < -0.39 is 11.6 Å². The van der Waals surface area contributed by atoms with E-state index in [1.807, 2.05) is 6.07 Å². The van der Waals surface area contributed by atoms with Gasteiger partial charge in [0, 0.05) is 13.1 Å². The molecule has 0 saturated carbocycles. The van der Waals surface area contributed by atoms with E-state index in [1.54, 1.807) is 6.07 Å². The van der Waals surface area contributed by atoms with Gasteiger partial charge >= 0.3 is 0 Å². The van der Waals surface area contributed by atoms with Gasteiger partial charge in [-0.05, 0) is 54.8 Å². The predicted octanol–water partition coefficient (Wildman–Crippen LogP) is 4.29. The highest BCUT2D eigenvalue weighted by molar-refractivity contribution is 5.29. The monoisotopic (exact) mass is 365 g/mol. The molecule has 2 aromatic rings. The van der Waals surface area contributed by atoms with Gasteiger partial charge in [-0.2, -0.15) is 0 Å². The summed E-state index contributed by atoms with van der Waals surface area (Å²) in [7, 11) is 1.44. The Morgan fingerprint density at radius 2 is 1.77 bits per heavy atom. The van der Waals surface area contributed by atoms with E-state index in [4.69, 9.17) is 9.47 Å². The fraction of sp³-hybridized carbons (Fsp3) is 0.400. The number of methoxy groups -OCH3 is 1. The molecule has 1 saturated heterocycles. The highest BCUT2D eigenvalue weighted by atomic mass is 19.2. The second-order valence-corrected chi connectivity index (χ2v) is 6.53. The van der Waals surface area contributed by atoms with Crippen molar-refractivity contribution >= 4 is 0 Å². The largest absolute Gasteiger partial charge is 0.494 e. The molecular weight excluding hydrogens is 343 g/mol. The molecule has 6 heteroatoms. The molecule has 1 aliphatic heterocycles. The number of ether oxygens (including phenoxy) is 2. The zero-order chi connectivity index (χ0) is 18.5. The fourth-order valence-electron chi connectivity index (χ4n) is 3.20. The molecule has 140 valence electrons. The van der Waals surface area contributed by atoms with Crippen molar-refractivity contribution in [1.82, 2.24) is 4.90 Å². The molecule has 2 aromatic carbocycles. The molecule has 0 aliphatic carbocycles. The lowest BCUT2D eigenvalue weighted by atomic mass is 10.1. The van der Waals surface area contributed by atoms with E-state index >= 15 is 0 Å². The van der Waals surface area contributed by atoms with Crippen molar-refractivity contribution in [3.05, 3.63) is 65.0 Å². The molecular formula is C20H22F3NO2. The zero-order valence-corrected chi connectivity index (χ0v) is 14.7. The van der Waals surface area contributed by atoms with Gasteiger partial charge < -0.3 is 9.47 Å². The van der Waals surface area contributed by atoms with Gasteiger partial charge in [-0.3, -0.25) is 4.90 Å². The van der Waals surface area contributed by atoms with Crippen molar-refractivity contribution < 1.29 is 22.6 Å². The summed E-state index contributed by atoms with van der Waals surface area (Å²) in [6.45, 7) is 2.51. The normalized spacial score (nSPS) is 18.1. The Bertz CT molecular complexity index is 754. The van der Waals surface area contributed by atoms with Gasteiger partial charge in [-0.1, -0.05) is 12.1 Å². The lowest BCUT2D eigenvalue weighted by Crippen LogP contribution is -2.39. The van der Waals surface area contributed by atoms with E-state index in [0.717, 1.165) is 43.6 Å². The SMILES string of the molecule is COc1ccc(CN2CCC[C@H](OCc3ccc(F)c(F)c3)C2)cc1F. The quantitative estimate of drug-likeness (QED) is 0.762. The summed E-state index contributed by atoms with van der Waals surface area (Å²) < 4.78 is 50.9. The van der Waals surface area contributed by atoms with Gasteiger partial charge in [0.2, 0.25) is 0 Å². The molecule has 3 rings (SSSR count). The van der Waals surface area contributed by atoms with Crippen molar-refractivity contribution in [3.63, 3.8) is 0 Å². The minimum atomic E-state index is -0.863. The topological polar surface area (TPSA) is 21.7 Å². The van der Waals surface area contributed by atoms with Crippen LogP contribution in [0.5, 0.6) is 5.75 Å². The maximum absolute atomic E-state index is 13.8. The van der Waals surface area contributed by atoms with Crippen molar-refractivity contribution in [2.75, 3.05) is 20.2 Å². The molecule has 26 heavy (non-hydrogen) atoms. The Hall–Kier alpha value is -2.05. The average molecular weight is 365 g/mol. The molecule has 0 amide bonds. The van der Waals surface area contributed by atoms with Crippen molar-refractivity contribution in [2.45, 2.75) is 32.1 Å². The summed E-state index contributed by atoms with van der Waals surface area (Å²) in [5.74, 6) is -1.85. The smallest absolute Gasteiger partial charge is 0.165 e. The van der Waals surface area contributed by atoms with Gasteiger partial charge in [0.1, 0.15) is 0 Å². The summed E-state index contributed by atoms with van der Waals surface area (Å²) in [5, 5.41) is 0. The lowest BCUT2D eigenvalue weighted by molar-refractivity contribution is -0.0121. The standard InChI is InChI=1S/C20H22F3NO2/c1-25-20-7-5-14(9-19(20)23)11-24-8-2-3-16(12-24)26-13-15-4-6-17(21)18(22)10-15/h4-7,9-10,16H,2-3,8,11-13H2,1H3/t16-/m0/s1. The van der Waals surface area contributed by atoms with E-state index in [2.05, 4.69) is 4.90 Å². The molecule has 1 aliphatic rings. The fourth-order valence-corrected chi connectivity index (χ4v) is 3.20. The van der Waals surface area contributed by atoms with Gasteiger partial charge in [0.05, 0.1) is 19.8 Å². The van der Waals surface area contributed by atoms with Crippen LogP contribution < -0.4 is 4.74 Å². The summed E-state index contributed by atoms with van der Waals surface area (Å²) >= 11 is 0. The Morgan fingerprint density at radius 1 is 1.00 bits per heavy atom. The second-order valence-electron chi connectivity index (χ2n) is 6.53. The minimum Gasteiger partial charge on any atom is -0.494 e. The molecule has 0 bridgehead atoms. The van der Waals surface area contributed by atoms with E-state index in [9.17, 15) is 13.2 Å². The Kier molecular flexibility index (Phi) is 6.16. The summed E-state index contributed by atoms with van der Waals surface area (Å²) in [6, 6.07) is 8.78. The molecule has 1 heterocycles. The van der Waals surface area contributed by atoms with Gasteiger partial charge in [-0.15, -0.1) is 0 Å². The van der Waals surface area contributed by atoms with E-state index in [1.165, 1.54) is 19.2 Å². The van der Waals surface area contributed by atoms with E-state index in [0.29, 0.717) is 12.1 Å². The number of hydrogen-bond acceptors (Lipinski definition) is 3. The first kappa shape index (κ1) is 18.7. The van der Waals surface area contributed by atoms with E-state index in [-0.39, 0.29) is 24.3 Å². The van der Waals surface area contributed by atoms with Crippen LogP contribution in [0.15, 0.2) is 36.4 Å². The van der Waals surface area contributed by atoms with Crippen LogP contribution in [0.3, 0.4) is 0 Å². The molecule has 1 fully saturated rings. The Balaban J connectivity index is 1.53. The van der Waals surface area contributed by atoms with Crippen LogP contribution in [-0.4, -0.2) is 31.2 Å². The molecule has 0 N–H and O–H groups in total.